The lowest BCUT2D eigenvalue weighted by Crippen LogP contribution is -2.51. The number of carbonyl (C=O) groups is 1. The van der Waals surface area contributed by atoms with E-state index in [2.05, 4.69) is 31.2 Å². The Balaban J connectivity index is 2.02. The first-order chi connectivity index (χ1) is 9.24. The largest absolute Gasteiger partial charge is 0.367 e. The molecule has 1 saturated heterocycles. The summed E-state index contributed by atoms with van der Waals surface area (Å²) in [6.45, 7) is 2.89. The molecule has 3 rings (SSSR count). The van der Waals surface area contributed by atoms with Crippen molar-refractivity contribution in [1.29, 1.82) is 0 Å². The number of hydrogen-bond donors (Lipinski definition) is 0. The van der Waals surface area contributed by atoms with Gasteiger partial charge in [-0.2, -0.15) is 0 Å². The number of ether oxygens (including phenoxy) is 1. The van der Waals surface area contributed by atoms with Crippen molar-refractivity contribution >= 4 is 5.78 Å². The van der Waals surface area contributed by atoms with Crippen molar-refractivity contribution in [2.24, 2.45) is 0 Å². The molecule has 19 heavy (non-hydrogen) atoms. The molecule has 2 fully saturated rings. The number of ketones is 1. The molecular formula is C17H22O2. The fourth-order valence-electron chi connectivity index (χ4n) is 3.81. The van der Waals surface area contributed by atoms with E-state index in [0.29, 0.717) is 12.2 Å². The summed E-state index contributed by atoms with van der Waals surface area (Å²) in [6.07, 6.45) is 5.90. The first-order valence-corrected chi connectivity index (χ1v) is 7.47. The highest BCUT2D eigenvalue weighted by molar-refractivity contribution is 5.89. The van der Waals surface area contributed by atoms with Crippen molar-refractivity contribution in [2.75, 3.05) is 6.61 Å². The highest BCUT2D eigenvalue weighted by Crippen LogP contribution is 2.46. The molecule has 0 radical (unpaired) electrons. The predicted molar refractivity (Wildman–Crippen MR) is 75.3 cm³/mol. The van der Waals surface area contributed by atoms with Crippen molar-refractivity contribution in [3.8, 4) is 0 Å². The minimum Gasteiger partial charge on any atom is -0.367 e. The molecule has 2 nitrogen and oxygen atoms in total. The molecule has 1 aromatic rings. The third-order valence-electron chi connectivity index (χ3n) is 4.80. The first kappa shape index (κ1) is 12.9. The van der Waals surface area contributed by atoms with Gasteiger partial charge in [-0.3, -0.25) is 4.79 Å². The SMILES string of the molecule is Cc1ccccc1[C@H]1CCCO[C@]12CCCCC2=O. The maximum Gasteiger partial charge on any atom is 0.165 e. The number of rotatable bonds is 1. The lowest BCUT2D eigenvalue weighted by Gasteiger charge is -2.45. The third-order valence-corrected chi connectivity index (χ3v) is 4.80. The predicted octanol–water partition coefficient (Wildman–Crippen LogP) is 3.77. The molecule has 0 unspecified atom stereocenters. The molecule has 1 aromatic carbocycles. The van der Waals surface area contributed by atoms with Crippen LogP contribution < -0.4 is 0 Å². The average Bonchev–Trinajstić information content (AvgIpc) is 2.44. The zero-order valence-corrected chi connectivity index (χ0v) is 11.7. The van der Waals surface area contributed by atoms with Gasteiger partial charge in [0.15, 0.2) is 5.78 Å². The van der Waals surface area contributed by atoms with Gasteiger partial charge in [0.2, 0.25) is 0 Å². The fraction of sp³-hybridized carbons (Fsp3) is 0.588. The molecule has 0 amide bonds. The van der Waals surface area contributed by atoms with E-state index >= 15 is 0 Å². The molecular weight excluding hydrogens is 236 g/mol. The van der Waals surface area contributed by atoms with E-state index in [-0.39, 0.29) is 5.92 Å². The van der Waals surface area contributed by atoms with Gasteiger partial charge in [-0.15, -0.1) is 0 Å². The topological polar surface area (TPSA) is 26.3 Å². The summed E-state index contributed by atoms with van der Waals surface area (Å²) in [5, 5.41) is 0. The molecule has 0 aromatic heterocycles. The number of aryl methyl sites for hydroxylation is 1. The molecule has 2 aliphatic rings. The molecule has 102 valence electrons. The Labute approximate surface area is 115 Å². The molecule has 1 spiro atoms. The summed E-state index contributed by atoms with van der Waals surface area (Å²) in [7, 11) is 0. The quantitative estimate of drug-likeness (QED) is 0.766. The molecule has 0 N–H and O–H groups in total. The van der Waals surface area contributed by atoms with Gasteiger partial charge in [0.25, 0.3) is 0 Å². The van der Waals surface area contributed by atoms with Crippen molar-refractivity contribution in [1.82, 2.24) is 0 Å². The van der Waals surface area contributed by atoms with Gasteiger partial charge >= 0.3 is 0 Å². The molecule has 2 atom stereocenters. The Kier molecular flexibility index (Phi) is 3.44. The zero-order valence-electron chi connectivity index (χ0n) is 11.7. The van der Waals surface area contributed by atoms with Gasteiger partial charge in [-0.25, -0.2) is 0 Å². The van der Waals surface area contributed by atoms with E-state index in [9.17, 15) is 4.79 Å². The van der Waals surface area contributed by atoms with E-state index < -0.39 is 5.60 Å². The smallest absolute Gasteiger partial charge is 0.165 e. The Bertz CT molecular complexity index is 474. The van der Waals surface area contributed by atoms with Crippen LogP contribution in [0.5, 0.6) is 0 Å². The van der Waals surface area contributed by atoms with Gasteiger partial charge in [0.05, 0.1) is 0 Å². The van der Waals surface area contributed by atoms with Gasteiger partial charge in [0, 0.05) is 18.9 Å². The summed E-state index contributed by atoms with van der Waals surface area (Å²) >= 11 is 0. The fourth-order valence-corrected chi connectivity index (χ4v) is 3.81. The summed E-state index contributed by atoms with van der Waals surface area (Å²) < 4.78 is 6.09. The molecule has 1 aliphatic carbocycles. The monoisotopic (exact) mass is 258 g/mol. The van der Waals surface area contributed by atoms with E-state index in [1.54, 1.807) is 0 Å². The van der Waals surface area contributed by atoms with Gasteiger partial charge in [-0.05, 0) is 50.2 Å². The number of carbonyl (C=O) groups excluding carboxylic acids is 1. The lowest BCUT2D eigenvalue weighted by molar-refractivity contribution is -0.160. The van der Waals surface area contributed by atoms with Crippen LogP contribution in [-0.4, -0.2) is 18.0 Å². The van der Waals surface area contributed by atoms with E-state index in [1.165, 1.54) is 11.1 Å². The molecule has 0 bridgehead atoms. The van der Waals surface area contributed by atoms with E-state index in [4.69, 9.17) is 4.74 Å². The van der Waals surface area contributed by atoms with Crippen LogP contribution in [0.4, 0.5) is 0 Å². The van der Waals surface area contributed by atoms with Crippen molar-refractivity contribution in [2.45, 2.75) is 57.0 Å². The number of hydrogen-bond acceptors (Lipinski definition) is 2. The standard InChI is InChI=1S/C17H22O2/c1-13-7-2-3-8-14(13)15-9-6-12-19-17(15)11-5-4-10-16(17)18/h2-3,7-8,15H,4-6,9-12H2,1H3/t15-,17-/m1/s1. The minimum absolute atomic E-state index is 0.259. The van der Waals surface area contributed by atoms with Crippen LogP contribution in [0.15, 0.2) is 24.3 Å². The normalized spacial score (nSPS) is 31.6. The first-order valence-electron chi connectivity index (χ1n) is 7.47. The minimum atomic E-state index is -0.511. The summed E-state index contributed by atoms with van der Waals surface area (Å²) in [4.78, 5) is 12.5. The maximum atomic E-state index is 12.5. The second-order valence-corrected chi connectivity index (χ2v) is 5.92. The van der Waals surface area contributed by atoms with Crippen molar-refractivity contribution in [3.05, 3.63) is 35.4 Å². The van der Waals surface area contributed by atoms with Crippen molar-refractivity contribution in [3.63, 3.8) is 0 Å². The Morgan fingerprint density at radius 2 is 2.05 bits per heavy atom. The van der Waals surface area contributed by atoms with Crippen molar-refractivity contribution < 1.29 is 9.53 Å². The van der Waals surface area contributed by atoms with Crippen LogP contribution in [0, 0.1) is 6.92 Å². The summed E-state index contributed by atoms with van der Waals surface area (Å²) in [5.41, 5.74) is 2.09. The number of benzene rings is 1. The second-order valence-electron chi connectivity index (χ2n) is 5.92. The molecule has 1 heterocycles. The highest BCUT2D eigenvalue weighted by atomic mass is 16.5. The molecule has 2 heteroatoms. The molecule has 1 aliphatic heterocycles. The second kappa shape index (κ2) is 5.09. The lowest BCUT2D eigenvalue weighted by atomic mass is 9.68. The maximum absolute atomic E-state index is 12.5. The number of Topliss-reactive ketones (excluding diaryl/α,β-unsaturated/α-hetero) is 1. The van der Waals surface area contributed by atoms with Crippen LogP contribution >= 0.6 is 0 Å². The summed E-state index contributed by atoms with van der Waals surface area (Å²) in [6, 6.07) is 8.47. The van der Waals surface area contributed by atoms with E-state index in [1.807, 2.05) is 0 Å². The average molecular weight is 258 g/mol. The Morgan fingerprint density at radius 3 is 2.84 bits per heavy atom. The van der Waals surface area contributed by atoms with Gasteiger partial charge < -0.3 is 4.74 Å². The zero-order chi connectivity index (χ0) is 13.3. The van der Waals surface area contributed by atoms with E-state index in [0.717, 1.165) is 38.7 Å². The summed E-state index contributed by atoms with van der Waals surface area (Å²) in [5.74, 6) is 0.599. The van der Waals surface area contributed by atoms with Crippen LogP contribution in [-0.2, 0) is 9.53 Å². The van der Waals surface area contributed by atoms with Crippen LogP contribution in [0.25, 0.3) is 0 Å². The van der Waals surface area contributed by atoms with Crippen LogP contribution in [0.1, 0.15) is 55.6 Å². The Hall–Kier alpha value is -1.15. The Morgan fingerprint density at radius 1 is 1.21 bits per heavy atom. The molecule has 1 saturated carbocycles. The van der Waals surface area contributed by atoms with Gasteiger partial charge in [-0.1, -0.05) is 24.3 Å². The van der Waals surface area contributed by atoms with Crippen LogP contribution in [0.2, 0.25) is 0 Å². The van der Waals surface area contributed by atoms with Crippen LogP contribution in [0.3, 0.4) is 0 Å². The van der Waals surface area contributed by atoms with Gasteiger partial charge in [0.1, 0.15) is 5.60 Å². The highest BCUT2D eigenvalue weighted by Gasteiger charge is 2.49. The third kappa shape index (κ3) is 2.12.